The second-order valence-corrected chi connectivity index (χ2v) is 4.90. The summed E-state index contributed by atoms with van der Waals surface area (Å²) >= 11 is 0. The zero-order valence-corrected chi connectivity index (χ0v) is 10.4. The van der Waals surface area contributed by atoms with Gasteiger partial charge in [0.25, 0.3) is 0 Å². The fraction of sp³-hybridized carbons (Fsp3) is 0.909. The van der Waals surface area contributed by atoms with E-state index >= 15 is 0 Å². The molecule has 1 aliphatic rings. The van der Waals surface area contributed by atoms with E-state index in [4.69, 9.17) is 10.9 Å². The third kappa shape index (κ3) is 4.04. The molecule has 18 heavy (non-hydrogen) atoms. The monoisotopic (exact) mass is 267 g/mol. The van der Waals surface area contributed by atoms with E-state index in [9.17, 15) is 13.2 Å². The molecule has 0 amide bonds. The predicted octanol–water partition coefficient (Wildman–Crippen LogP) is 2.08. The van der Waals surface area contributed by atoms with E-state index in [1.165, 1.54) is 0 Å². The number of nitrogens with zero attached hydrogens (tertiary/aromatic N) is 1. The molecule has 4 N–H and O–H groups in total. The molecule has 3 atom stereocenters. The molecule has 3 unspecified atom stereocenters. The lowest BCUT2D eigenvalue weighted by Gasteiger charge is -2.31. The highest BCUT2D eigenvalue weighted by Gasteiger charge is 2.43. The van der Waals surface area contributed by atoms with Crippen molar-refractivity contribution < 1.29 is 18.4 Å². The van der Waals surface area contributed by atoms with Crippen molar-refractivity contribution in [2.45, 2.75) is 44.8 Å². The first-order chi connectivity index (χ1) is 8.36. The van der Waals surface area contributed by atoms with E-state index in [-0.39, 0.29) is 12.6 Å². The van der Waals surface area contributed by atoms with Crippen molar-refractivity contribution in [1.82, 2.24) is 5.32 Å². The minimum Gasteiger partial charge on any atom is -0.409 e. The standard InChI is InChI=1S/C11H20F3N3O/c1-7-4-2-3-5-9(7)16-6-8(10(15)17-18)11(12,13)14/h7-9,16,18H,2-6H2,1H3,(H2,15,17). The van der Waals surface area contributed by atoms with Crippen molar-refractivity contribution in [3.05, 3.63) is 0 Å². The van der Waals surface area contributed by atoms with Crippen molar-refractivity contribution >= 4 is 5.84 Å². The van der Waals surface area contributed by atoms with Gasteiger partial charge in [-0.05, 0) is 18.8 Å². The molecule has 1 fully saturated rings. The number of oxime groups is 1. The predicted molar refractivity (Wildman–Crippen MR) is 62.4 cm³/mol. The van der Waals surface area contributed by atoms with Crippen LogP contribution in [0.25, 0.3) is 0 Å². The first kappa shape index (κ1) is 15.1. The van der Waals surface area contributed by atoms with Crippen LogP contribution < -0.4 is 11.1 Å². The number of rotatable bonds is 4. The van der Waals surface area contributed by atoms with Crippen molar-refractivity contribution in [1.29, 1.82) is 0 Å². The van der Waals surface area contributed by atoms with Gasteiger partial charge in [-0.25, -0.2) is 0 Å². The highest BCUT2D eigenvalue weighted by Crippen LogP contribution is 2.28. The van der Waals surface area contributed by atoms with Gasteiger partial charge in [-0.2, -0.15) is 13.2 Å². The summed E-state index contributed by atoms with van der Waals surface area (Å²) in [6, 6.07) is 0.0788. The average Bonchev–Trinajstić information content (AvgIpc) is 2.29. The quantitative estimate of drug-likeness (QED) is 0.316. The number of nitrogens with one attached hydrogen (secondary N) is 1. The Balaban J connectivity index is 2.57. The minimum atomic E-state index is -4.50. The van der Waals surface area contributed by atoms with E-state index in [2.05, 4.69) is 10.5 Å². The lowest BCUT2D eigenvalue weighted by Crippen LogP contribution is -2.47. The molecular weight excluding hydrogens is 247 g/mol. The molecule has 1 rings (SSSR count). The van der Waals surface area contributed by atoms with Gasteiger partial charge in [-0.1, -0.05) is 24.9 Å². The second kappa shape index (κ2) is 6.26. The summed E-state index contributed by atoms with van der Waals surface area (Å²) in [4.78, 5) is 0. The van der Waals surface area contributed by atoms with Crippen LogP contribution >= 0.6 is 0 Å². The molecule has 0 heterocycles. The Bertz CT molecular complexity index is 294. The largest absolute Gasteiger partial charge is 0.409 e. The Hall–Kier alpha value is -0.980. The number of halogens is 3. The maximum atomic E-state index is 12.7. The molecule has 1 saturated carbocycles. The molecule has 0 bridgehead atoms. The molecule has 0 aromatic carbocycles. The van der Waals surface area contributed by atoms with E-state index < -0.39 is 17.9 Å². The zero-order valence-electron chi connectivity index (χ0n) is 10.4. The van der Waals surface area contributed by atoms with Crippen LogP contribution in [0.3, 0.4) is 0 Å². The molecular formula is C11H20F3N3O. The highest BCUT2D eigenvalue weighted by molar-refractivity contribution is 5.83. The van der Waals surface area contributed by atoms with Crippen LogP contribution in [0.1, 0.15) is 32.6 Å². The first-order valence-corrected chi connectivity index (χ1v) is 6.13. The molecule has 4 nitrogen and oxygen atoms in total. The summed E-state index contributed by atoms with van der Waals surface area (Å²) in [5.41, 5.74) is 5.09. The summed E-state index contributed by atoms with van der Waals surface area (Å²) in [6.07, 6.45) is -0.439. The van der Waals surface area contributed by atoms with Gasteiger partial charge in [-0.15, -0.1) is 0 Å². The molecule has 7 heteroatoms. The molecule has 0 aliphatic heterocycles. The van der Waals surface area contributed by atoms with Crippen LogP contribution in [0.15, 0.2) is 5.16 Å². The number of alkyl halides is 3. The van der Waals surface area contributed by atoms with E-state index in [1.807, 2.05) is 6.92 Å². The zero-order chi connectivity index (χ0) is 13.8. The summed E-state index contributed by atoms with van der Waals surface area (Å²) in [5.74, 6) is -2.37. The van der Waals surface area contributed by atoms with Gasteiger partial charge in [0.1, 0.15) is 5.92 Å². The van der Waals surface area contributed by atoms with Crippen molar-refractivity contribution in [2.24, 2.45) is 22.7 Å². The van der Waals surface area contributed by atoms with Gasteiger partial charge in [0.2, 0.25) is 0 Å². The van der Waals surface area contributed by atoms with Gasteiger partial charge in [0, 0.05) is 12.6 Å². The van der Waals surface area contributed by atoms with Crippen LogP contribution in [-0.2, 0) is 0 Å². The first-order valence-electron chi connectivity index (χ1n) is 6.13. The van der Waals surface area contributed by atoms with Gasteiger partial charge in [0.05, 0.1) is 0 Å². The molecule has 1 aliphatic carbocycles. The molecule has 0 aromatic heterocycles. The fourth-order valence-electron chi connectivity index (χ4n) is 2.35. The maximum Gasteiger partial charge on any atom is 0.400 e. The Morgan fingerprint density at radius 1 is 1.44 bits per heavy atom. The van der Waals surface area contributed by atoms with Crippen LogP contribution in [0.4, 0.5) is 13.2 Å². The van der Waals surface area contributed by atoms with E-state index in [0.29, 0.717) is 5.92 Å². The van der Waals surface area contributed by atoms with Crippen LogP contribution in [0.2, 0.25) is 0 Å². The third-order valence-corrected chi connectivity index (χ3v) is 3.56. The van der Waals surface area contributed by atoms with Gasteiger partial charge < -0.3 is 16.3 Å². The van der Waals surface area contributed by atoms with Crippen molar-refractivity contribution in [2.75, 3.05) is 6.54 Å². The van der Waals surface area contributed by atoms with E-state index in [1.54, 1.807) is 0 Å². The second-order valence-electron chi connectivity index (χ2n) is 4.90. The van der Waals surface area contributed by atoms with E-state index in [0.717, 1.165) is 25.7 Å². The number of amidine groups is 1. The summed E-state index contributed by atoms with van der Waals surface area (Å²) in [5, 5.41) is 13.8. The van der Waals surface area contributed by atoms with Crippen LogP contribution in [0, 0.1) is 11.8 Å². The minimum absolute atomic E-state index is 0.0788. The molecule has 0 saturated heterocycles. The van der Waals surface area contributed by atoms with Crippen molar-refractivity contribution in [3.8, 4) is 0 Å². The summed E-state index contributed by atoms with van der Waals surface area (Å²) in [7, 11) is 0. The molecule has 106 valence electrons. The number of hydrogen-bond donors (Lipinski definition) is 3. The Morgan fingerprint density at radius 2 is 2.06 bits per heavy atom. The highest BCUT2D eigenvalue weighted by atomic mass is 19.4. The summed E-state index contributed by atoms with van der Waals surface area (Å²) in [6.45, 7) is 1.69. The lowest BCUT2D eigenvalue weighted by atomic mass is 9.85. The molecule has 0 aromatic rings. The fourth-order valence-corrected chi connectivity index (χ4v) is 2.35. The Kier molecular flexibility index (Phi) is 5.25. The molecule has 0 radical (unpaired) electrons. The normalized spacial score (nSPS) is 28.1. The number of hydrogen-bond acceptors (Lipinski definition) is 3. The average molecular weight is 267 g/mol. The van der Waals surface area contributed by atoms with Gasteiger partial charge in [0.15, 0.2) is 5.84 Å². The van der Waals surface area contributed by atoms with Crippen LogP contribution in [0.5, 0.6) is 0 Å². The number of nitrogens with two attached hydrogens (primary N) is 1. The SMILES string of the molecule is CC1CCCCC1NCC(C(N)=NO)C(F)(F)F. The topological polar surface area (TPSA) is 70.6 Å². The van der Waals surface area contributed by atoms with Crippen molar-refractivity contribution in [3.63, 3.8) is 0 Å². The maximum absolute atomic E-state index is 12.7. The van der Waals surface area contributed by atoms with Gasteiger partial charge in [-0.3, -0.25) is 0 Å². The Labute approximate surface area is 104 Å². The van der Waals surface area contributed by atoms with Crippen LogP contribution in [-0.4, -0.2) is 29.8 Å². The molecule has 0 spiro atoms. The lowest BCUT2D eigenvalue weighted by molar-refractivity contribution is -0.155. The van der Waals surface area contributed by atoms with Gasteiger partial charge >= 0.3 is 6.18 Å². The Morgan fingerprint density at radius 3 is 2.56 bits per heavy atom. The smallest absolute Gasteiger partial charge is 0.400 e. The third-order valence-electron chi connectivity index (χ3n) is 3.56. The summed E-state index contributed by atoms with van der Waals surface area (Å²) < 4.78 is 38.1.